The zero-order chi connectivity index (χ0) is 16.0. The van der Waals surface area contributed by atoms with Crippen LogP contribution in [0.4, 0.5) is 10.1 Å². The fraction of sp³-hybridized carbons (Fsp3) is 0.588. The molecule has 124 valence electrons. The first-order valence-corrected chi connectivity index (χ1v) is 7.92. The number of halogens is 1. The van der Waals surface area contributed by atoms with Crippen molar-refractivity contribution in [3.8, 4) is 5.75 Å². The Hall–Kier alpha value is -1.62. The van der Waals surface area contributed by atoms with E-state index in [1.54, 1.807) is 24.3 Å². The van der Waals surface area contributed by atoms with E-state index in [-0.39, 0.29) is 12.6 Å². The summed E-state index contributed by atoms with van der Waals surface area (Å²) in [5.41, 5.74) is 0.731. The van der Waals surface area contributed by atoms with Crippen molar-refractivity contribution in [2.24, 2.45) is 0 Å². The van der Waals surface area contributed by atoms with E-state index in [1.807, 2.05) is 0 Å². The minimum Gasteiger partial charge on any atom is -0.493 e. The maximum atomic E-state index is 12.0. The minimum absolute atomic E-state index is 0.0230. The predicted molar refractivity (Wildman–Crippen MR) is 86.1 cm³/mol. The van der Waals surface area contributed by atoms with Crippen LogP contribution in [0, 0.1) is 0 Å². The van der Waals surface area contributed by atoms with Crippen LogP contribution in [-0.4, -0.2) is 32.4 Å². The van der Waals surface area contributed by atoms with Crippen molar-refractivity contribution in [1.29, 1.82) is 0 Å². The molecule has 5 heteroatoms. The van der Waals surface area contributed by atoms with Crippen molar-refractivity contribution < 1.29 is 18.7 Å². The van der Waals surface area contributed by atoms with Crippen molar-refractivity contribution in [1.82, 2.24) is 0 Å². The normalized spacial score (nSPS) is 10.5. The third-order valence-corrected chi connectivity index (χ3v) is 3.02. The number of nitrogens with one attached hydrogen (secondary N) is 1. The molecule has 0 aliphatic heterocycles. The second kappa shape index (κ2) is 12.0. The van der Waals surface area contributed by atoms with Gasteiger partial charge in [-0.3, -0.25) is 9.18 Å². The number of carbonyl (C=O) groups is 1. The van der Waals surface area contributed by atoms with Crippen LogP contribution in [0.15, 0.2) is 24.3 Å². The Morgan fingerprint density at radius 3 is 2.50 bits per heavy atom. The summed E-state index contributed by atoms with van der Waals surface area (Å²) in [5, 5.41) is 2.83. The van der Waals surface area contributed by atoms with E-state index in [9.17, 15) is 9.18 Å². The van der Waals surface area contributed by atoms with Crippen LogP contribution < -0.4 is 10.1 Å². The number of unbranched alkanes of at least 4 members (excludes halogenated alkanes) is 1. The largest absolute Gasteiger partial charge is 0.493 e. The van der Waals surface area contributed by atoms with Gasteiger partial charge in [-0.2, -0.15) is 0 Å². The lowest BCUT2D eigenvalue weighted by molar-refractivity contribution is -0.116. The highest BCUT2D eigenvalue weighted by Gasteiger charge is 2.03. The molecule has 0 atom stereocenters. The summed E-state index contributed by atoms with van der Waals surface area (Å²) < 4.78 is 22.7. The van der Waals surface area contributed by atoms with Gasteiger partial charge in [0.2, 0.25) is 5.91 Å². The van der Waals surface area contributed by atoms with Gasteiger partial charge in [0.15, 0.2) is 0 Å². The molecule has 0 fully saturated rings. The molecule has 0 spiro atoms. The molecule has 0 heterocycles. The van der Waals surface area contributed by atoms with Gasteiger partial charge in [-0.15, -0.1) is 0 Å². The average molecular weight is 311 g/mol. The van der Waals surface area contributed by atoms with Gasteiger partial charge in [-0.1, -0.05) is 13.3 Å². The summed E-state index contributed by atoms with van der Waals surface area (Å²) in [6, 6.07) is 7.09. The number of anilines is 1. The third kappa shape index (κ3) is 8.62. The summed E-state index contributed by atoms with van der Waals surface area (Å²) in [6.07, 6.45) is 3.74. The highest BCUT2D eigenvalue weighted by atomic mass is 19.1. The zero-order valence-corrected chi connectivity index (χ0v) is 13.3. The van der Waals surface area contributed by atoms with Crippen molar-refractivity contribution in [3.05, 3.63) is 24.3 Å². The molecule has 0 radical (unpaired) electrons. The van der Waals surface area contributed by atoms with Crippen molar-refractivity contribution in [2.45, 2.75) is 39.0 Å². The quantitative estimate of drug-likeness (QED) is 0.594. The first kappa shape index (κ1) is 18.4. The van der Waals surface area contributed by atoms with Gasteiger partial charge in [-0.25, -0.2) is 0 Å². The summed E-state index contributed by atoms with van der Waals surface area (Å²) >= 11 is 0. The van der Waals surface area contributed by atoms with Gasteiger partial charge in [0.1, 0.15) is 5.75 Å². The SMILES string of the molecule is CCCCOCCCC(=O)Nc1ccc(OCCCF)cc1. The van der Waals surface area contributed by atoms with Gasteiger partial charge in [-0.05, 0) is 37.1 Å². The maximum absolute atomic E-state index is 12.0. The van der Waals surface area contributed by atoms with E-state index in [1.165, 1.54) is 0 Å². The minimum atomic E-state index is -0.379. The molecule has 0 aliphatic rings. The van der Waals surface area contributed by atoms with Gasteiger partial charge in [0, 0.05) is 31.7 Å². The molecule has 1 rings (SSSR count). The van der Waals surface area contributed by atoms with E-state index in [2.05, 4.69) is 12.2 Å². The highest BCUT2D eigenvalue weighted by Crippen LogP contribution is 2.16. The lowest BCUT2D eigenvalue weighted by Crippen LogP contribution is -2.12. The predicted octanol–water partition coefficient (Wildman–Crippen LogP) is 3.96. The smallest absolute Gasteiger partial charge is 0.224 e. The number of benzene rings is 1. The van der Waals surface area contributed by atoms with Crippen LogP contribution in [-0.2, 0) is 9.53 Å². The van der Waals surface area contributed by atoms with Gasteiger partial charge < -0.3 is 14.8 Å². The molecule has 1 amide bonds. The Balaban J connectivity index is 2.18. The summed E-state index contributed by atoms with van der Waals surface area (Å²) in [4.78, 5) is 11.8. The van der Waals surface area contributed by atoms with E-state index < -0.39 is 0 Å². The number of ether oxygens (including phenoxy) is 2. The summed E-state index contributed by atoms with van der Waals surface area (Å²) in [5.74, 6) is 0.654. The zero-order valence-electron chi connectivity index (χ0n) is 13.3. The van der Waals surface area contributed by atoms with Crippen LogP contribution in [0.3, 0.4) is 0 Å². The molecule has 22 heavy (non-hydrogen) atoms. The van der Waals surface area contributed by atoms with E-state index in [0.717, 1.165) is 31.6 Å². The molecular formula is C17H26FNO3. The second-order valence-corrected chi connectivity index (χ2v) is 5.03. The molecule has 1 N–H and O–H groups in total. The molecule has 1 aromatic rings. The molecule has 0 aliphatic carbocycles. The standard InChI is InChI=1S/C17H26FNO3/c1-2-3-12-21-13-4-6-17(20)19-15-7-9-16(10-8-15)22-14-5-11-18/h7-10H,2-6,11-14H2,1H3,(H,19,20). The first-order valence-electron chi connectivity index (χ1n) is 7.92. The Bertz CT molecular complexity index is 409. The van der Waals surface area contributed by atoms with Gasteiger partial charge >= 0.3 is 0 Å². The number of alkyl halides is 1. The number of amides is 1. The van der Waals surface area contributed by atoms with Crippen molar-refractivity contribution >= 4 is 11.6 Å². The Labute approximate surface area is 132 Å². The topological polar surface area (TPSA) is 47.6 Å². The van der Waals surface area contributed by atoms with Gasteiger partial charge in [0.25, 0.3) is 0 Å². The maximum Gasteiger partial charge on any atom is 0.224 e. The Morgan fingerprint density at radius 1 is 1.09 bits per heavy atom. The summed E-state index contributed by atoms with van der Waals surface area (Å²) in [6.45, 7) is 3.49. The van der Waals surface area contributed by atoms with E-state index >= 15 is 0 Å². The number of hydrogen-bond donors (Lipinski definition) is 1. The number of rotatable bonds is 12. The third-order valence-electron chi connectivity index (χ3n) is 3.02. The highest BCUT2D eigenvalue weighted by molar-refractivity contribution is 5.90. The fourth-order valence-corrected chi connectivity index (χ4v) is 1.79. The number of carbonyl (C=O) groups excluding carboxylic acids is 1. The first-order chi connectivity index (χ1) is 10.8. The molecule has 0 bridgehead atoms. The fourth-order valence-electron chi connectivity index (χ4n) is 1.79. The second-order valence-electron chi connectivity index (χ2n) is 5.03. The molecule has 0 saturated carbocycles. The van der Waals surface area contributed by atoms with Crippen molar-refractivity contribution in [3.63, 3.8) is 0 Å². The van der Waals surface area contributed by atoms with Gasteiger partial charge in [0.05, 0.1) is 13.3 Å². The Kier molecular flexibility index (Phi) is 10.0. The molecule has 0 saturated heterocycles. The van der Waals surface area contributed by atoms with Crippen LogP contribution >= 0.6 is 0 Å². The molecule has 0 aromatic heterocycles. The molecule has 4 nitrogen and oxygen atoms in total. The average Bonchev–Trinajstić information content (AvgIpc) is 2.53. The molecule has 1 aromatic carbocycles. The van der Waals surface area contributed by atoms with E-state index in [0.29, 0.717) is 31.8 Å². The van der Waals surface area contributed by atoms with Crippen LogP contribution in [0.2, 0.25) is 0 Å². The lowest BCUT2D eigenvalue weighted by atomic mass is 10.2. The molecular weight excluding hydrogens is 285 g/mol. The number of hydrogen-bond acceptors (Lipinski definition) is 3. The van der Waals surface area contributed by atoms with Crippen LogP contribution in [0.25, 0.3) is 0 Å². The summed E-state index contributed by atoms with van der Waals surface area (Å²) in [7, 11) is 0. The monoisotopic (exact) mass is 311 g/mol. The molecule has 0 unspecified atom stereocenters. The van der Waals surface area contributed by atoms with Crippen LogP contribution in [0.1, 0.15) is 39.0 Å². The van der Waals surface area contributed by atoms with Crippen molar-refractivity contribution in [2.75, 3.05) is 31.8 Å². The lowest BCUT2D eigenvalue weighted by Gasteiger charge is -2.08. The van der Waals surface area contributed by atoms with E-state index in [4.69, 9.17) is 9.47 Å². The Morgan fingerprint density at radius 2 is 1.82 bits per heavy atom. The van der Waals surface area contributed by atoms with Crippen LogP contribution in [0.5, 0.6) is 5.75 Å².